The number of nitrogens with zero attached hydrogens (tertiary/aromatic N) is 1. The molecule has 4 N–H and O–H groups in total. The van der Waals surface area contributed by atoms with Crippen molar-refractivity contribution in [2.75, 3.05) is 26.4 Å². The van der Waals surface area contributed by atoms with Gasteiger partial charge in [0.1, 0.15) is 6.17 Å². The summed E-state index contributed by atoms with van der Waals surface area (Å²) in [6.45, 7) is 7.54. The summed E-state index contributed by atoms with van der Waals surface area (Å²) < 4.78 is 17.2. The third-order valence-electron chi connectivity index (χ3n) is 2.76. The van der Waals surface area contributed by atoms with Crippen molar-refractivity contribution in [3.8, 4) is 12.3 Å². The fraction of sp³-hybridized carbons (Fsp3) is 0.769. The van der Waals surface area contributed by atoms with Crippen LogP contribution in [0.3, 0.4) is 0 Å². The number of primary amides is 1. The predicted molar refractivity (Wildman–Crippen MR) is 83.2 cm³/mol. The SMILES string of the molecule is C#CC(N)N(CCC[Si](OCC)(OCC)OCC)C(N)=O. The molecule has 0 spiro atoms. The van der Waals surface area contributed by atoms with E-state index >= 15 is 0 Å². The van der Waals surface area contributed by atoms with E-state index in [0.29, 0.717) is 38.8 Å². The van der Waals surface area contributed by atoms with Crippen LogP contribution in [0, 0.1) is 12.3 Å². The van der Waals surface area contributed by atoms with Crippen LogP contribution in [-0.2, 0) is 13.3 Å². The first-order valence-corrected chi connectivity index (χ1v) is 9.09. The van der Waals surface area contributed by atoms with Gasteiger partial charge in [-0.3, -0.25) is 4.90 Å². The highest BCUT2D eigenvalue weighted by atomic mass is 28.4. The van der Waals surface area contributed by atoms with Crippen LogP contribution in [0.2, 0.25) is 6.04 Å². The number of rotatable bonds is 11. The lowest BCUT2D eigenvalue weighted by Gasteiger charge is -2.30. The first kappa shape index (κ1) is 19.9. The van der Waals surface area contributed by atoms with Crippen molar-refractivity contribution >= 4 is 14.8 Å². The Kier molecular flexibility index (Phi) is 10.0. The third kappa shape index (κ3) is 6.93. The van der Waals surface area contributed by atoms with Gasteiger partial charge in [0.25, 0.3) is 0 Å². The third-order valence-corrected chi connectivity index (χ3v) is 5.92. The number of carbonyl (C=O) groups excluding carboxylic acids is 1. The minimum atomic E-state index is -2.71. The average molecular weight is 317 g/mol. The van der Waals surface area contributed by atoms with Gasteiger partial charge in [-0.1, -0.05) is 5.92 Å². The zero-order chi connectivity index (χ0) is 16.3. The van der Waals surface area contributed by atoms with Crippen molar-refractivity contribution in [3.63, 3.8) is 0 Å². The minimum absolute atomic E-state index is 0.336. The fourth-order valence-corrected chi connectivity index (χ4v) is 4.54. The quantitative estimate of drug-likeness (QED) is 0.332. The molecule has 1 atom stereocenters. The molecular formula is C13H27N3O4Si. The largest absolute Gasteiger partial charge is 0.500 e. The molecule has 8 heteroatoms. The summed E-state index contributed by atoms with van der Waals surface area (Å²) in [5.41, 5.74) is 10.9. The summed E-state index contributed by atoms with van der Waals surface area (Å²) in [6, 6.07) is -0.0687. The molecule has 0 aliphatic heterocycles. The summed E-state index contributed by atoms with van der Waals surface area (Å²) in [4.78, 5) is 12.6. The molecule has 21 heavy (non-hydrogen) atoms. The Morgan fingerprint density at radius 2 is 1.71 bits per heavy atom. The second kappa shape index (κ2) is 10.6. The summed E-state index contributed by atoms with van der Waals surface area (Å²) in [5, 5.41) is 0. The average Bonchev–Trinajstić information content (AvgIpc) is 2.43. The van der Waals surface area contributed by atoms with Crippen LogP contribution in [0.25, 0.3) is 0 Å². The maximum Gasteiger partial charge on any atom is 0.500 e. The first-order valence-electron chi connectivity index (χ1n) is 7.15. The second-order valence-corrected chi connectivity index (χ2v) is 6.96. The summed E-state index contributed by atoms with van der Waals surface area (Å²) >= 11 is 0. The molecular weight excluding hydrogens is 290 g/mol. The van der Waals surface area contributed by atoms with E-state index < -0.39 is 21.0 Å². The standard InChI is InChI=1S/C13H27N3O4Si/c1-5-12(14)16(13(15)17)10-9-11-21(18-6-2,19-7-3)20-8-4/h1,12H,6-11,14H2,2-4H3,(H2,15,17). The Labute approximate surface area is 128 Å². The van der Waals surface area contributed by atoms with Crippen molar-refractivity contribution < 1.29 is 18.1 Å². The molecule has 122 valence electrons. The zero-order valence-corrected chi connectivity index (χ0v) is 14.1. The van der Waals surface area contributed by atoms with Gasteiger partial charge in [0.05, 0.1) is 0 Å². The molecule has 0 aliphatic rings. The molecule has 0 aromatic rings. The second-order valence-electron chi connectivity index (χ2n) is 4.23. The Bertz CT molecular complexity index is 332. The molecule has 0 saturated heterocycles. The molecule has 0 radical (unpaired) electrons. The van der Waals surface area contributed by atoms with Gasteiger partial charge in [-0.15, -0.1) is 6.42 Å². The van der Waals surface area contributed by atoms with E-state index in [1.165, 1.54) is 4.90 Å². The van der Waals surface area contributed by atoms with Crippen LogP contribution in [0.1, 0.15) is 27.2 Å². The fourth-order valence-electron chi connectivity index (χ4n) is 1.94. The van der Waals surface area contributed by atoms with E-state index in [9.17, 15) is 4.79 Å². The van der Waals surface area contributed by atoms with Crippen molar-refractivity contribution in [2.24, 2.45) is 11.5 Å². The van der Waals surface area contributed by atoms with Crippen LogP contribution in [0.4, 0.5) is 4.79 Å². The molecule has 0 aromatic heterocycles. The van der Waals surface area contributed by atoms with Gasteiger partial charge in [-0.2, -0.15) is 0 Å². The monoisotopic (exact) mass is 317 g/mol. The van der Waals surface area contributed by atoms with Crippen LogP contribution in [-0.4, -0.2) is 52.3 Å². The van der Waals surface area contributed by atoms with Crippen LogP contribution < -0.4 is 11.5 Å². The van der Waals surface area contributed by atoms with Crippen molar-refractivity contribution in [1.82, 2.24) is 4.90 Å². The predicted octanol–water partition coefficient (Wildman–Crippen LogP) is 0.724. The number of hydrogen-bond donors (Lipinski definition) is 2. The van der Waals surface area contributed by atoms with E-state index in [1.54, 1.807) is 0 Å². The van der Waals surface area contributed by atoms with Gasteiger partial charge < -0.3 is 24.7 Å². The molecule has 0 fully saturated rings. The maximum atomic E-state index is 11.3. The molecule has 2 amide bonds. The van der Waals surface area contributed by atoms with Gasteiger partial charge in [-0.05, 0) is 27.2 Å². The molecule has 0 heterocycles. The van der Waals surface area contributed by atoms with Gasteiger partial charge in [0.2, 0.25) is 0 Å². The van der Waals surface area contributed by atoms with E-state index in [-0.39, 0.29) is 0 Å². The maximum absolute atomic E-state index is 11.3. The van der Waals surface area contributed by atoms with Gasteiger partial charge in [-0.25, -0.2) is 4.79 Å². The zero-order valence-electron chi connectivity index (χ0n) is 13.1. The van der Waals surface area contributed by atoms with Gasteiger partial charge in [0.15, 0.2) is 0 Å². The highest BCUT2D eigenvalue weighted by Crippen LogP contribution is 2.18. The first-order chi connectivity index (χ1) is 9.96. The summed E-state index contributed by atoms with van der Waals surface area (Å²) in [6.07, 6.45) is 4.98. The lowest BCUT2D eigenvalue weighted by molar-refractivity contribution is 0.0699. The van der Waals surface area contributed by atoms with Crippen LogP contribution in [0.5, 0.6) is 0 Å². The lowest BCUT2D eigenvalue weighted by Crippen LogP contribution is -2.50. The van der Waals surface area contributed by atoms with E-state index in [2.05, 4.69) is 5.92 Å². The molecule has 7 nitrogen and oxygen atoms in total. The normalized spacial score (nSPS) is 12.7. The number of carbonyl (C=O) groups is 1. The molecule has 0 rings (SSSR count). The summed E-state index contributed by atoms with van der Waals surface area (Å²) in [5.74, 6) is 2.29. The van der Waals surface area contributed by atoms with E-state index in [0.717, 1.165) is 0 Å². The van der Waals surface area contributed by atoms with Crippen molar-refractivity contribution in [2.45, 2.75) is 39.4 Å². The molecule has 0 saturated carbocycles. The Balaban J connectivity index is 4.66. The smallest absolute Gasteiger partial charge is 0.374 e. The molecule has 0 aromatic carbocycles. The number of terminal acetylenes is 1. The Morgan fingerprint density at radius 1 is 1.24 bits per heavy atom. The number of urea groups is 1. The van der Waals surface area contributed by atoms with E-state index in [1.807, 2.05) is 20.8 Å². The Morgan fingerprint density at radius 3 is 2.05 bits per heavy atom. The molecule has 0 aliphatic carbocycles. The lowest BCUT2D eigenvalue weighted by atomic mass is 10.4. The topological polar surface area (TPSA) is 100 Å². The summed E-state index contributed by atoms with van der Waals surface area (Å²) in [7, 11) is -2.71. The van der Waals surface area contributed by atoms with Crippen molar-refractivity contribution in [1.29, 1.82) is 0 Å². The Hall–Kier alpha value is -1.11. The highest BCUT2D eigenvalue weighted by Gasteiger charge is 2.40. The van der Waals surface area contributed by atoms with Gasteiger partial charge >= 0.3 is 14.8 Å². The number of nitrogens with two attached hydrogens (primary N) is 2. The van der Waals surface area contributed by atoms with Crippen LogP contribution in [0.15, 0.2) is 0 Å². The molecule has 0 bridgehead atoms. The van der Waals surface area contributed by atoms with Crippen LogP contribution >= 0.6 is 0 Å². The number of amides is 2. The van der Waals surface area contributed by atoms with E-state index in [4.69, 9.17) is 31.2 Å². The minimum Gasteiger partial charge on any atom is -0.374 e. The highest BCUT2D eigenvalue weighted by molar-refractivity contribution is 6.60. The van der Waals surface area contributed by atoms with Gasteiger partial charge in [0, 0.05) is 32.4 Å². The van der Waals surface area contributed by atoms with Crippen molar-refractivity contribution in [3.05, 3.63) is 0 Å². The number of hydrogen-bond acceptors (Lipinski definition) is 5. The molecule has 1 unspecified atom stereocenters.